The van der Waals surface area contributed by atoms with Crippen molar-refractivity contribution in [3.63, 3.8) is 0 Å². The van der Waals surface area contributed by atoms with Crippen LogP contribution in [0.15, 0.2) is 24.3 Å². The first-order valence-electron chi connectivity index (χ1n) is 5.55. The van der Waals surface area contributed by atoms with Gasteiger partial charge in [0, 0.05) is 12.5 Å². The monoisotopic (exact) mass is 256 g/mol. The van der Waals surface area contributed by atoms with Crippen molar-refractivity contribution < 1.29 is 23.0 Å². The van der Waals surface area contributed by atoms with E-state index in [1.807, 2.05) is 0 Å². The van der Waals surface area contributed by atoms with Crippen molar-refractivity contribution in [3.05, 3.63) is 35.4 Å². The molecular weight excluding hydrogens is 242 g/mol. The molecule has 1 aliphatic rings. The number of alkyl halides is 2. The molecule has 1 aliphatic heterocycles. The van der Waals surface area contributed by atoms with Crippen molar-refractivity contribution in [1.29, 1.82) is 0 Å². The van der Waals surface area contributed by atoms with Crippen molar-refractivity contribution in [1.82, 2.24) is 0 Å². The predicted octanol–water partition coefficient (Wildman–Crippen LogP) is 2.24. The molecule has 2 rings (SSSR count). The van der Waals surface area contributed by atoms with E-state index in [0.29, 0.717) is 5.56 Å². The van der Waals surface area contributed by atoms with E-state index >= 15 is 0 Å². The molecule has 1 aromatic rings. The smallest absolute Gasteiger partial charge is 0.321 e. The third-order valence-corrected chi connectivity index (χ3v) is 3.22. The van der Waals surface area contributed by atoms with Crippen LogP contribution in [0.25, 0.3) is 0 Å². The molecule has 1 fully saturated rings. The highest BCUT2D eigenvalue weighted by atomic mass is 19.3. The van der Waals surface area contributed by atoms with Gasteiger partial charge in [0.15, 0.2) is 0 Å². The Morgan fingerprint density at radius 3 is 2.22 bits per heavy atom. The number of benzene rings is 1. The molecule has 1 saturated heterocycles. The first-order chi connectivity index (χ1) is 8.40. The van der Waals surface area contributed by atoms with Gasteiger partial charge in [-0.05, 0) is 5.56 Å². The highest BCUT2D eigenvalue weighted by molar-refractivity contribution is 5.84. The number of esters is 1. The summed E-state index contributed by atoms with van der Waals surface area (Å²) in [6, 6.07) is 5.73. The number of halogens is 2. The van der Waals surface area contributed by atoms with Gasteiger partial charge in [-0.15, -0.1) is 0 Å². The van der Waals surface area contributed by atoms with E-state index in [9.17, 15) is 13.6 Å². The second-order valence-electron chi connectivity index (χ2n) is 4.53. The maximum absolute atomic E-state index is 13.1. The number of methoxy groups -OCH3 is 1. The molecule has 0 spiro atoms. The lowest BCUT2D eigenvalue weighted by atomic mass is 9.78. The first-order valence-corrected chi connectivity index (χ1v) is 5.55. The molecule has 0 amide bonds. The Balaban J connectivity index is 2.31. The molecule has 0 atom stereocenters. The molecule has 5 heteroatoms. The third kappa shape index (κ3) is 1.99. The minimum atomic E-state index is -2.88. The molecule has 0 N–H and O–H groups in total. The number of hydrogen-bond donors (Lipinski definition) is 0. The van der Waals surface area contributed by atoms with Crippen molar-refractivity contribution in [3.8, 4) is 0 Å². The van der Waals surface area contributed by atoms with Crippen LogP contribution in [0, 0.1) is 0 Å². The minimum absolute atomic E-state index is 0.0773. The molecule has 0 bridgehead atoms. The van der Waals surface area contributed by atoms with E-state index in [-0.39, 0.29) is 18.8 Å². The highest BCUT2D eigenvalue weighted by Gasteiger charge is 2.48. The topological polar surface area (TPSA) is 35.5 Å². The van der Waals surface area contributed by atoms with E-state index in [4.69, 9.17) is 9.47 Å². The number of ether oxygens (including phenoxy) is 2. The fraction of sp³-hybridized carbons (Fsp3) is 0.462. The maximum atomic E-state index is 13.1. The molecule has 18 heavy (non-hydrogen) atoms. The van der Waals surface area contributed by atoms with Gasteiger partial charge >= 0.3 is 5.97 Å². The van der Waals surface area contributed by atoms with Gasteiger partial charge in [-0.3, -0.25) is 4.79 Å². The summed E-state index contributed by atoms with van der Waals surface area (Å²) in [6.45, 7) is 1.29. The molecule has 1 aromatic carbocycles. The fourth-order valence-corrected chi connectivity index (χ4v) is 1.99. The zero-order chi connectivity index (χ0) is 13.4. The zero-order valence-electron chi connectivity index (χ0n) is 10.2. The minimum Gasteiger partial charge on any atom is -0.468 e. The van der Waals surface area contributed by atoms with Gasteiger partial charge < -0.3 is 9.47 Å². The first kappa shape index (κ1) is 13.0. The van der Waals surface area contributed by atoms with E-state index in [2.05, 4.69) is 0 Å². The van der Waals surface area contributed by atoms with Crippen LogP contribution in [0.1, 0.15) is 18.1 Å². The van der Waals surface area contributed by atoms with Crippen molar-refractivity contribution in [2.75, 3.05) is 20.3 Å². The van der Waals surface area contributed by atoms with E-state index in [0.717, 1.165) is 6.92 Å². The Kier molecular flexibility index (Phi) is 3.11. The zero-order valence-corrected chi connectivity index (χ0v) is 10.2. The van der Waals surface area contributed by atoms with Gasteiger partial charge in [-0.1, -0.05) is 24.3 Å². The van der Waals surface area contributed by atoms with Crippen LogP contribution < -0.4 is 0 Å². The van der Waals surface area contributed by atoms with Crippen LogP contribution >= 0.6 is 0 Å². The Morgan fingerprint density at radius 1 is 1.33 bits per heavy atom. The average Bonchev–Trinajstić information content (AvgIpc) is 2.27. The van der Waals surface area contributed by atoms with Gasteiger partial charge in [0.2, 0.25) is 0 Å². The van der Waals surface area contributed by atoms with Crippen LogP contribution in [0.3, 0.4) is 0 Å². The van der Waals surface area contributed by atoms with Gasteiger partial charge in [0.05, 0.1) is 20.3 Å². The standard InChI is InChI=1S/C13H14F2O3/c1-12(14,15)9-3-5-10(6-4-9)13(7-18-8-13)11(16)17-2/h3-6H,7-8H2,1-2H3. The molecule has 0 unspecified atom stereocenters. The number of rotatable bonds is 3. The summed E-state index contributed by atoms with van der Waals surface area (Å²) < 4.78 is 36.0. The van der Waals surface area contributed by atoms with Gasteiger partial charge in [-0.25, -0.2) is 8.78 Å². The van der Waals surface area contributed by atoms with E-state index < -0.39 is 17.3 Å². The normalized spacial score (nSPS) is 18.0. The van der Waals surface area contributed by atoms with E-state index in [1.165, 1.54) is 31.4 Å². The van der Waals surface area contributed by atoms with Crippen molar-refractivity contribution >= 4 is 5.97 Å². The Morgan fingerprint density at radius 2 is 1.89 bits per heavy atom. The molecule has 0 saturated carbocycles. The molecule has 98 valence electrons. The maximum Gasteiger partial charge on any atom is 0.321 e. The summed E-state index contributed by atoms with van der Waals surface area (Å²) in [5.41, 5.74) is -0.267. The van der Waals surface area contributed by atoms with Crippen LogP contribution in [-0.2, 0) is 25.6 Å². The van der Waals surface area contributed by atoms with Crippen molar-refractivity contribution in [2.24, 2.45) is 0 Å². The highest BCUT2D eigenvalue weighted by Crippen LogP contribution is 2.35. The van der Waals surface area contributed by atoms with Crippen LogP contribution in [0.4, 0.5) is 8.78 Å². The predicted molar refractivity (Wildman–Crippen MR) is 60.5 cm³/mol. The molecule has 0 aromatic heterocycles. The largest absolute Gasteiger partial charge is 0.468 e. The van der Waals surface area contributed by atoms with Gasteiger partial charge in [0.25, 0.3) is 5.92 Å². The molecule has 1 heterocycles. The molecule has 3 nitrogen and oxygen atoms in total. The molecular formula is C13H14F2O3. The van der Waals surface area contributed by atoms with Crippen LogP contribution in [-0.4, -0.2) is 26.3 Å². The van der Waals surface area contributed by atoms with Gasteiger partial charge in [-0.2, -0.15) is 0 Å². The summed E-state index contributed by atoms with van der Waals surface area (Å²) >= 11 is 0. The summed E-state index contributed by atoms with van der Waals surface area (Å²) in [7, 11) is 1.30. The number of hydrogen-bond acceptors (Lipinski definition) is 3. The van der Waals surface area contributed by atoms with Crippen LogP contribution in [0.5, 0.6) is 0 Å². The summed E-state index contributed by atoms with van der Waals surface area (Å²) in [5, 5.41) is 0. The molecule has 0 aliphatic carbocycles. The fourth-order valence-electron chi connectivity index (χ4n) is 1.99. The third-order valence-electron chi connectivity index (χ3n) is 3.22. The second-order valence-corrected chi connectivity index (χ2v) is 4.53. The Hall–Kier alpha value is -1.49. The van der Waals surface area contributed by atoms with Crippen LogP contribution in [0.2, 0.25) is 0 Å². The quantitative estimate of drug-likeness (QED) is 0.778. The number of carbonyl (C=O) groups is 1. The SMILES string of the molecule is COC(=O)C1(c2ccc(C(C)(F)F)cc2)COC1. The lowest BCUT2D eigenvalue weighted by Crippen LogP contribution is -2.53. The summed E-state index contributed by atoms with van der Waals surface area (Å²) in [6.07, 6.45) is 0. The Bertz CT molecular complexity index is 444. The molecule has 0 radical (unpaired) electrons. The van der Waals surface area contributed by atoms with E-state index in [1.54, 1.807) is 0 Å². The average molecular weight is 256 g/mol. The lowest BCUT2D eigenvalue weighted by Gasteiger charge is -2.39. The summed E-state index contributed by atoms with van der Waals surface area (Å²) in [5.74, 6) is -3.28. The van der Waals surface area contributed by atoms with Gasteiger partial charge in [0.1, 0.15) is 5.41 Å². The second kappa shape index (κ2) is 4.31. The lowest BCUT2D eigenvalue weighted by molar-refractivity contribution is -0.166. The summed E-state index contributed by atoms with van der Waals surface area (Å²) in [4.78, 5) is 11.7. The van der Waals surface area contributed by atoms with Crippen molar-refractivity contribution in [2.45, 2.75) is 18.3 Å². The number of carbonyl (C=O) groups excluding carboxylic acids is 1. The Labute approximate surface area is 104 Å².